The molecule has 0 aliphatic carbocycles. The Bertz CT molecular complexity index is 1160. The minimum Gasteiger partial charge on any atom is -0.369 e. The van der Waals surface area contributed by atoms with Gasteiger partial charge in [0.2, 0.25) is 0 Å². The van der Waals surface area contributed by atoms with Crippen molar-refractivity contribution in [1.29, 1.82) is 0 Å². The number of carbonyl (C=O) groups is 1. The van der Waals surface area contributed by atoms with E-state index in [1.54, 1.807) is 0 Å². The molecule has 0 aromatic carbocycles. The van der Waals surface area contributed by atoms with E-state index < -0.39 is 0 Å². The zero-order valence-corrected chi connectivity index (χ0v) is 21.4. The van der Waals surface area contributed by atoms with Crippen molar-refractivity contribution in [2.75, 3.05) is 31.1 Å². The number of anilines is 1. The largest absolute Gasteiger partial charge is 0.369 e. The number of hydrazone groups is 2. The fourth-order valence-electron chi connectivity index (χ4n) is 4.68. The number of hydrogen-bond acceptors (Lipinski definition) is 7. The lowest BCUT2D eigenvalue weighted by atomic mass is 9.72. The van der Waals surface area contributed by atoms with Crippen LogP contribution in [-0.4, -0.2) is 53.6 Å². The molecule has 8 nitrogen and oxygen atoms in total. The second-order valence-corrected chi connectivity index (χ2v) is 9.91. The van der Waals surface area contributed by atoms with E-state index in [0.29, 0.717) is 28.4 Å². The summed E-state index contributed by atoms with van der Waals surface area (Å²) in [5.41, 5.74) is 5.09. The van der Waals surface area contributed by atoms with Crippen LogP contribution < -0.4 is 15.7 Å². The highest BCUT2D eigenvalue weighted by atomic mass is 16.1. The number of nitrogens with zero attached hydrogens (tertiary/aromatic N) is 6. The van der Waals surface area contributed by atoms with E-state index in [2.05, 4.69) is 53.1 Å². The fourth-order valence-corrected chi connectivity index (χ4v) is 4.68. The molecule has 0 amide bonds. The maximum atomic E-state index is 11.4. The number of rotatable bonds is 7. The number of aryl methyl sites for hydroxylation is 1. The van der Waals surface area contributed by atoms with Crippen LogP contribution in [0, 0.1) is 11.3 Å². The summed E-state index contributed by atoms with van der Waals surface area (Å²) in [4.78, 5) is 18.6. The van der Waals surface area contributed by atoms with Gasteiger partial charge in [-0.2, -0.15) is 10.2 Å². The molecule has 1 N–H and O–H groups in total. The first-order valence-electron chi connectivity index (χ1n) is 12.5. The van der Waals surface area contributed by atoms with Gasteiger partial charge < -0.3 is 14.8 Å². The van der Waals surface area contributed by atoms with Crippen molar-refractivity contribution >= 4 is 23.4 Å². The van der Waals surface area contributed by atoms with Crippen LogP contribution >= 0.6 is 0 Å². The normalized spacial score (nSPS) is 21.8. The van der Waals surface area contributed by atoms with Crippen LogP contribution in [0.2, 0.25) is 0 Å². The van der Waals surface area contributed by atoms with Crippen molar-refractivity contribution in [1.82, 2.24) is 15.0 Å². The summed E-state index contributed by atoms with van der Waals surface area (Å²) in [5.74, 6) is 0.343. The van der Waals surface area contributed by atoms with Gasteiger partial charge in [-0.15, -0.1) is 5.10 Å². The summed E-state index contributed by atoms with van der Waals surface area (Å²) in [5, 5.41) is 14.2. The Hall–Kier alpha value is -3.26. The van der Waals surface area contributed by atoms with Gasteiger partial charge in [0.15, 0.2) is 0 Å². The topological polar surface area (TPSA) is 77.6 Å². The maximum absolute atomic E-state index is 11.4. The van der Waals surface area contributed by atoms with E-state index in [4.69, 9.17) is 4.99 Å². The van der Waals surface area contributed by atoms with Gasteiger partial charge >= 0.3 is 0 Å². The number of allylic oxidation sites excluding steroid dienone is 3. The molecule has 0 radical (unpaired) electrons. The molecule has 3 aliphatic heterocycles. The smallest absolute Gasteiger partial charge is 0.145 e. The highest BCUT2D eigenvalue weighted by molar-refractivity contribution is 6.10. The van der Waals surface area contributed by atoms with Gasteiger partial charge in [-0.1, -0.05) is 20.4 Å². The van der Waals surface area contributed by atoms with Crippen LogP contribution in [0.1, 0.15) is 40.0 Å². The average molecular weight is 476 g/mol. The van der Waals surface area contributed by atoms with Crippen LogP contribution in [0.4, 0.5) is 5.69 Å². The molecule has 35 heavy (non-hydrogen) atoms. The van der Waals surface area contributed by atoms with Crippen LogP contribution in [0.5, 0.6) is 0 Å². The summed E-state index contributed by atoms with van der Waals surface area (Å²) < 4.78 is 2.00. The van der Waals surface area contributed by atoms with Gasteiger partial charge in [-0.05, 0) is 69.5 Å². The summed E-state index contributed by atoms with van der Waals surface area (Å²) in [7, 11) is 1.98. The van der Waals surface area contributed by atoms with Crippen molar-refractivity contribution in [3.8, 4) is 0 Å². The van der Waals surface area contributed by atoms with E-state index in [-0.39, 0.29) is 0 Å². The van der Waals surface area contributed by atoms with Crippen LogP contribution in [0.15, 0.2) is 69.7 Å². The molecule has 1 aromatic heterocycles. The molecule has 8 heteroatoms. The first kappa shape index (κ1) is 24.9. The third-order valence-electron chi connectivity index (χ3n) is 7.37. The number of piperidine rings is 1. The van der Waals surface area contributed by atoms with Crippen molar-refractivity contribution in [3.05, 3.63) is 60.0 Å². The van der Waals surface area contributed by atoms with E-state index in [1.165, 1.54) is 29.7 Å². The van der Waals surface area contributed by atoms with Gasteiger partial charge in [0, 0.05) is 43.5 Å². The Morgan fingerprint density at radius 1 is 1.29 bits per heavy atom. The predicted molar refractivity (Wildman–Crippen MR) is 142 cm³/mol. The molecule has 1 atom stereocenters. The Morgan fingerprint density at radius 3 is 2.69 bits per heavy atom. The number of hydrogen-bond donors (Lipinski definition) is 1. The van der Waals surface area contributed by atoms with Crippen LogP contribution in [0.25, 0.3) is 0 Å². The minimum absolute atomic E-state index is 0.343. The summed E-state index contributed by atoms with van der Waals surface area (Å²) in [6, 6.07) is 4.11. The molecular weight excluding hydrogens is 438 g/mol. The molecule has 0 saturated carbocycles. The van der Waals surface area contributed by atoms with E-state index in [9.17, 15) is 4.79 Å². The molecule has 2 saturated heterocycles. The van der Waals surface area contributed by atoms with E-state index >= 15 is 0 Å². The van der Waals surface area contributed by atoms with Crippen molar-refractivity contribution < 1.29 is 4.79 Å². The van der Waals surface area contributed by atoms with Gasteiger partial charge in [-0.3, -0.25) is 4.79 Å². The van der Waals surface area contributed by atoms with Gasteiger partial charge in [-0.25, -0.2) is 4.99 Å². The molecule has 186 valence electrons. The molecular formula is C27H37N7O. The highest BCUT2D eigenvalue weighted by Gasteiger charge is 2.43. The molecule has 3 aliphatic rings. The second kappa shape index (κ2) is 10.6. The molecule has 4 rings (SSSR count). The highest BCUT2D eigenvalue weighted by Crippen LogP contribution is 2.40. The molecule has 0 bridgehead atoms. The summed E-state index contributed by atoms with van der Waals surface area (Å²) >= 11 is 0. The van der Waals surface area contributed by atoms with Crippen LogP contribution in [-0.2, 0) is 11.8 Å². The van der Waals surface area contributed by atoms with Crippen LogP contribution in [0.3, 0.4) is 0 Å². The zero-order chi connectivity index (χ0) is 25.0. The maximum Gasteiger partial charge on any atom is 0.145 e. The minimum atomic E-state index is 0.343. The number of carbonyl (C=O) groups excluding carboxylic acids is 1. The van der Waals surface area contributed by atoms with Crippen molar-refractivity contribution in [2.24, 2.45) is 33.6 Å². The first-order valence-corrected chi connectivity index (χ1v) is 12.5. The molecule has 2 fully saturated rings. The predicted octanol–water partition coefficient (Wildman–Crippen LogP) is 3.36. The Labute approximate surface area is 208 Å². The SMILES string of the molecule is C=C1C=CC(/C(=C/C=O)N=c2ccc(N3CC4(CCNCC4)C3)cn2C)=NN1/N=C(/C)C(C)CC. The van der Waals surface area contributed by atoms with Gasteiger partial charge in [0.05, 0.1) is 17.1 Å². The van der Waals surface area contributed by atoms with E-state index in [0.717, 1.165) is 50.1 Å². The van der Waals surface area contributed by atoms with Crippen molar-refractivity contribution in [3.63, 3.8) is 0 Å². The lowest BCUT2D eigenvalue weighted by Gasteiger charge is -2.53. The molecule has 4 heterocycles. The zero-order valence-electron chi connectivity index (χ0n) is 21.4. The van der Waals surface area contributed by atoms with E-state index in [1.807, 2.05) is 36.8 Å². The second-order valence-electron chi connectivity index (χ2n) is 9.91. The Balaban J connectivity index is 1.56. The lowest BCUT2D eigenvalue weighted by Crippen LogP contribution is -2.60. The Kier molecular flexibility index (Phi) is 7.50. The molecule has 1 aromatic rings. The number of aldehydes is 1. The first-order chi connectivity index (χ1) is 16.8. The average Bonchev–Trinajstić information content (AvgIpc) is 2.84. The summed E-state index contributed by atoms with van der Waals surface area (Å²) in [6.45, 7) is 14.8. The quantitative estimate of drug-likeness (QED) is 0.373. The fraction of sp³-hybridized carbons (Fsp3) is 0.481. The van der Waals surface area contributed by atoms with Gasteiger partial charge in [0.25, 0.3) is 0 Å². The van der Waals surface area contributed by atoms with Crippen molar-refractivity contribution in [2.45, 2.75) is 40.0 Å². The standard InChI is InChI=1S/C27H37N7O/c1-6-20(2)22(4)30-34-21(3)7-9-25(31-34)24(11-16-35)29-26-10-8-23(17-32(26)5)33-18-27(19-33)12-14-28-15-13-27/h7-11,16-17,20,28H,3,6,12-15,18-19H2,1-2,4-5H3/b24-11-,29-26?,30-22-. The van der Waals surface area contributed by atoms with Gasteiger partial charge in [0.1, 0.15) is 17.5 Å². The monoisotopic (exact) mass is 475 g/mol. The lowest BCUT2D eigenvalue weighted by molar-refractivity contribution is -0.104. The number of aromatic nitrogens is 1. The number of nitrogens with one attached hydrogen (secondary N) is 1. The summed E-state index contributed by atoms with van der Waals surface area (Å²) in [6.07, 6.45) is 11.4. The third kappa shape index (κ3) is 5.53. The third-order valence-corrected chi connectivity index (χ3v) is 7.37. The Morgan fingerprint density at radius 2 is 2.03 bits per heavy atom. The molecule has 1 unspecified atom stereocenters. The number of pyridine rings is 1. The molecule has 1 spiro atoms.